The van der Waals surface area contributed by atoms with Gasteiger partial charge in [-0.25, -0.2) is 33.7 Å². The van der Waals surface area contributed by atoms with Gasteiger partial charge < -0.3 is 126 Å². The van der Waals surface area contributed by atoms with Crippen molar-refractivity contribution in [3.8, 4) is 11.8 Å². The van der Waals surface area contributed by atoms with Crippen LogP contribution in [0, 0.1) is 13.8 Å². The number of nitrogens with one attached hydrogen (secondary N) is 5. The third kappa shape index (κ3) is 52.1. The molecule has 8 rings (SSSR count). The van der Waals surface area contributed by atoms with Gasteiger partial charge in [-0.1, -0.05) is 64.1 Å². The number of azo groups is 2. The Hall–Kier alpha value is -5.57. The van der Waals surface area contributed by atoms with Gasteiger partial charge in [-0.15, -0.1) is 20.5 Å². The molecule has 0 spiro atoms. The van der Waals surface area contributed by atoms with E-state index in [0.29, 0.717) is 50.0 Å². The fraction of sp³-hybridized carbons (Fsp3) is 0.467. The van der Waals surface area contributed by atoms with Crippen LogP contribution in [0.5, 0.6) is 11.8 Å². The van der Waals surface area contributed by atoms with E-state index in [1.807, 2.05) is 39.8 Å². The van der Waals surface area contributed by atoms with Gasteiger partial charge >= 0.3 is 172 Å². The maximum atomic E-state index is 13.1. The first-order valence-electron chi connectivity index (χ1n) is 41.1. The van der Waals surface area contributed by atoms with Crippen molar-refractivity contribution < 1.29 is 252 Å². The van der Waals surface area contributed by atoms with Crippen LogP contribution in [0.4, 0.5) is 75.2 Å². The first-order chi connectivity index (χ1) is 65.1. The number of pyridine rings is 2. The van der Waals surface area contributed by atoms with E-state index in [2.05, 4.69) is 76.9 Å². The van der Waals surface area contributed by atoms with Crippen LogP contribution in [0.1, 0.15) is 95.9 Å². The molecule has 8 aromatic rings. The second kappa shape index (κ2) is 75.2. The number of aromatic hydroxyl groups is 2. The number of unbranched alkanes of at least 4 members (excludes halogenated alkanes) is 1. The molecule has 0 amide bonds. The van der Waals surface area contributed by atoms with Crippen LogP contribution >= 0.6 is 11.6 Å². The molecular formula is C75H119ClN20Na4O32S4Si6. The van der Waals surface area contributed by atoms with Crippen molar-refractivity contribution in [2.24, 2.45) is 37.7 Å². The standard InChI is InChI=1S/C29H37N9O11S2Si.C24H23ClN8O8S2.C7H19NO3Si.C6H17NO3Si.C5H15NO3Si.2C2H6.4Na.2O2Si/c1-5-38-25(39)21(17-50(41,42)43)18(2)24(26(38)40)37-36-22-16-20(12-13-23(22)51(44,45)46)32-29-34-27(30-14-9-15-52(47,48-3)49-4)33-28(35-29)31-19-10-7-6-8-11-19;1-3-33-20(34)16(12-42(36,37)38)13(2)19(21(33)35)32-31-17-11-15(9-10-18(17)43(39,40)41)27-24-29-22(25)28-23(30-24)26-14-7-5-4-6-8-14;1-9-12(10-2,11-3)7-5-4-6-8;1-8-11(9-2,10-3)6-4-5-7;1-8-10(7,9-2)5-3-4-6;2*1-2;;;;;2*1-3-2/h6-8,10-13,16,39,47H,5,9,14-15,17H2,1-4H3,(H,41,42,43)(H,44,45,46)(H3,30,31,32,33,34,35);4-11,34H,3,12H2,1-2H3,(H,36,37,38)(H,39,40,41)(H2,26,27,28,29,30);4-8H2,1-3H3;4-7H2,1-3H3;7H,3-6H2,1-2H3;2*1-2H3;;;;;;/q;;;;;;;4*+1;;/p-4. The summed E-state index contributed by atoms with van der Waals surface area (Å²) in [5.41, 5.74) is 12.5. The van der Waals surface area contributed by atoms with Crippen molar-refractivity contribution in [2.45, 2.75) is 146 Å². The molecule has 142 heavy (non-hydrogen) atoms. The van der Waals surface area contributed by atoms with Crippen LogP contribution < -0.4 is 173 Å². The number of para-hydroxylation sites is 2. The van der Waals surface area contributed by atoms with E-state index in [4.69, 9.17) is 90.9 Å². The van der Waals surface area contributed by atoms with Crippen molar-refractivity contribution in [2.75, 3.05) is 124 Å². The fourth-order valence-corrected chi connectivity index (χ4v) is 19.8. The SMILES string of the molecule is CC.CC.CCn1c(O)c(CS(=O)(=O)[O-])c(C)c(N=Nc2cc(Nc3nc(Cl)nc(Nc4ccccc4)n3)ccc2S(=O)(=O)[O-])c1=O.CCn1c(O)c(CS(=O)(=O)[O-])c(C)c(N=Nc2cc(Nc3nc(NCCC[Si](O)(OC)OC)nc(Nc4ccccc4)n3)ccc2S(=O)(=O)[O-])c1=O.CO[Si](CCCCN)(OC)OC.CO[Si](CCCN)(OC)OC.CO[Si](O)(CCCN)OC.O=[Si]=O.O=[Si]=O.[Na+].[Na+].[Na+].[Na+]. The van der Waals surface area contributed by atoms with Crippen LogP contribution in [-0.4, -0.2) is 262 Å². The molecule has 0 aliphatic rings. The molecule has 0 unspecified atom stereocenters. The molecule has 67 heteroatoms. The Balaban J connectivity index is -0.000000616. The molecule has 0 atom stereocenters. The van der Waals surface area contributed by atoms with E-state index in [1.165, 1.54) is 68.3 Å². The van der Waals surface area contributed by atoms with E-state index in [1.54, 1.807) is 91.2 Å². The summed E-state index contributed by atoms with van der Waals surface area (Å²) in [6.07, 6.45) is 4.03. The maximum Gasteiger partial charge on any atom is 1.00 e. The molecule has 15 N–H and O–H groups in total. The van der Waals surface area contributed by atoms with Crippen molar-refractivity contribution in [3.63, 3.8) is 0 Å². The zero-order valence-corrected chi connectivity index (χ0v) is 101. The van der Waals surface area contributed by atoms with Crippen molar-refractivity contribution in [1.82, 2.24) is 39.0 Å². The summed E-state index contributed by atoms with van der Waals surface area (Å²) in [5.74, 6) is -3.62. The van der Waals surface area contributed by atoms with Gasteiger partial charge in [0, 0.05) is 149 Å². The fourth-order valence-electron chi connectivity index (χ4n) is 11.1. The summed E-state index contributed by atoms with van der Waals surface area (Å²) in [6.45, 7) is 15.3. The van der Waals surface area contributed by atoms with Crippen LogP contribution in [-0.2, 0) is 127 Å². The topological polar surface area (TPSA) is 779 Å². The third-order valence-electron chi connectivity index (χ3n) is 18.0. The van der Waals surface area contributed by atoms with E-state index < -0.39 is 167 Å². The number of nitrogens with two attached hydrogens (primary N) is 3. The minimum atomic E-state index is -5.14. The van der Waals surface area contributed by atoms with Gasteiger partial charge in [0.05, 0.1) is 41.5 Å². The number of benzene rings is 4. The average Bonchev–Trinajstić information content (AvgIpc) is 0.776. The van der Waals surface area contributed by atoms with Crippen LogP contribution in [0.15, 0.2) is 137 Å². The predicted octanol–water partition coefficient (Wildman–Crippen LogP) is -4.27. The molecule has 0 aliphatic carbocycles. The molecule has 4 heterocycles. The first-order valence-corrected chi connectivity index (χ1v) is 56.9. The summed E-state index contributed by atoms with van der Waals surface area (Å²) in [6, 6.07) is 26.9. The monoisotopic (exact) mass is 2230 g/mol. The minimum Gasteiger partial charge on any atom is -0.748 e. The summed E-state index contributed by atoms with van der Waals surface area (Å²) >= 11 is 6.03. The van der Waals surface area contributed by atoms with E-state index >= 15 is 0 Å². The van der Waals surface area contributed by atoms with E-state index in [-0.39, 0.29) is 200 Å². The Morgan fingerprint density at radius 3 is 1.00 bits per heavy atom. The van der Waals surface area contributed by atoms with Crippen LogP contribution in [0.25, 0.3) is 0 Å². The first kappa shape index (κ1) is 145. The molecular weight excluding hydrogens is 2120 g/mol. The molecule has 0 saturated carbocycles. The third-order valence-corrected chi connectivity index (χ3v) is 31.4. The Kier molecular flexibility index (Phi) is 76.7. The summed E-state index contributed by atoms with van der Waals surface area (Å²) in [4.78, 5) is 69.5. The summed E-state index contributed by atoms with van der Waals surface area (Å²) in [7, 11) is -18.3. The van der Waals surface area contributed by atoms with E-state index in [0.717, 1.165) is 71.2 Å². The van der Waals surface area contributed by atoms with Gasteiger partial charge in [0.25, 0.3) is 11.1 Å². The smallest absolute Gasteiger partial charge is 0.748 e. The quantitative estimate of drug-likeness (QED) is 0.00744. The Bertz CT molecular complexity index is 5810. The molecule has 52 nitrogen and oxygen atoms in total. The predicted molar refractivity (Wildman–Crippen MR) is 513 cm³/mol. The van der Waals surface area contributed by atoms with Gasteiger partial charge in [-0.05, 0) is 163 Å². The second-order valence-electron chi connectivity index (χ2n) is 26.6. The average molecular weight is 2240 g/mol. The van der Waals surface area contributed by atoms with Crippen LogP contribution in [0.3, 0.4) is 0 Å². The van der Waals surface area contributed by atoms with Gasteiger partial charge in [0.1, 0.15) is 31.6 Å². The number of hydrogen-bond donors (Lipinski definition) is 12. The summed E-state index contributed by atoms with van der Waals surface area (Å²) < 4.78 is 227. The molecule has 4 aromatic heterocycles. The van der Waals surface area contributed by atoms with Crippen molar-refractivity contribution in [3.05, 3.63) is 145 Å². The molecule has 0 fully saturated rings. The number of nitrogens with zero attached hydrogens (tertiary/aromatic N) is 12. The van der Waals surface area contributed by atoms with Gasteiger partial charge in [0.2, 0.25) is 35.0 Å². The molecule has 770 valence electrons. The second-order valence-corrected chi connectivity index (χ2v) is 44.4. The normalized spacial score (nSPS) is 11.1. The molecule has 0 radical (unpaired) electrons. The molecule has 0 bridgehead atoms. The number of rotatable bonds is 45. The molecule has 0 aliphatic heterocycles. The van der Waals surface area contributed by atoms with Gasteiger partial charge in [-0.2, -0.15) is 29.9 Å². The Morgan fingerprint density at radius 1 is 0.423 bits per heavy atom. The minimum absolute atomic E-state index is 0. The Labute approximate surface area is 927 Å². The number of hydrogen-bond acceptors (Lipinski definition) is 50. The summed E-state index contributed by atoms with van der Waals surface area (Å²) in [5, 5.41) is 50.7. The maximum absolute atomic E-state index is 13.1. The number of halogens is 1. The zero-order valence-electron chi connectivity index (χ0n) is 83.1. The van der Waals surface area contributed by atoms with Crippen molar-refractivity contribution >= 4 is 181 Å². The van der Waals surface area contributed by atoms with E-state index in [9.17, 15) is 81.3 Å². The largest absolute Gasteiger partial charge is 1.00 e. The van der Waals surface area contributed by atoms with Crippen molar-refractivity contribution in [1.29, 1.82) is 0 Å². The molecule has 0 saturated heterocycles. The molecule has 4 aromatic carbocycles. The number of anilines is 9. The van der Waals surface area contributed by atoms with Crippen LogP contribution in [0.2, 0.25) is 29.5 Å². The Morgan fingerprint density at radius 2 is 0.711 bits per heavy atom. The van der Waals surface area contributed by atoms with Gasteiger partial charge in [-0.3, -0.25) is 36.6 Å². The zero-order chi connectivity index (χ0) is 105. The number of aromatic nitrogens is 8. The van der Waals surface area contributed by atoms with Gasteiger partial charge in [0.15, 0.2) is 23.1 Å².